The maximum Gasteiger partial charge on any atom is 0.142 e. The number of hydrogen-bond donors (Lipinski definition) is 1. The second kappa shape index (κ2) is 17.3. The largest absolute Gasteiger partial charge is 0.487 e. The minimum atomic E-state index is -0.114. The van der Waals surface area contributed by atoms with Crippen LogP contribution in [0.5, 0.6) is 0 Å². The van der Waals surface area contributed by atoms with E-state index in [4.69, 9.17) is 4.74 Å². The third-order valence-corrected chi connectivity index (χ3v) is 20.3. The molecule has 1 spiro atoms. The average Bonchev–Trinajstić information content (AvgIpc) is 4.00. The SMILES string of the molecule is CC1CC2C3C=CCCC3C3(C4=C(C(N(C5=CCCC=C5)C5CCC[C@@H](C6CCCCC6O)C5)=CCC4)C4C=CC=CC43)C2C=C1N(C1=C2OC3CCC=CC3C2=CCC1)C1C=CCCC1. The maximum absolute atomic E-state index is 11.4. The Morgan fingerprint density at radius 1 is 0.667 bits per heavy atom. The molecular weight excluding hydrogens is 805 g/mol. The zero-order valence-corrected chi connectivity index (χ0v) is 40.1. The fraction of sp³-hybridized carbons (Fsp3) is 0.613. The molecule has 1 heterocycles. The van der Waals surface area contributed by atoms with Gasteiger partial charge in [0.05, 0.1) is 17.8 Å². The van der Waals surface area contributed by atoms with Crippen molar-refractivity contribution in [1.29, 1.82) is 0 Å². The molecule has 0 aromatic carbocycles. The van der Waals surface area contributed by atoms with Crippen LogP contribution in [0.1, 0.15) is 148 Å². The van der Waals surface area contributed by atoms with Gasteiger partial charge in [0.15, 0.2) is 0 Å². The Labute approximate surface area is 397 Å². The van der Waals surface area contributed by atoms with Crippen molar-refractivity contribution in [3.05, 3.63) is 142 Å². The molecule has 15 atom stereocenters. The average molecular weight is 883 g/mol. The summed E-state index contributed by atoms with van der Waals surface area (Å²) in [6.45, 7) is 2.61. The van der Waals surface area contributed by atoms with E-state index in [1.54, 1.807) is 17.0 Å². The molecule has 0 bridgehead atoms. The number of fused-ring (bicyclic) bond motifs is 12. The number of allylic oxidation sites excluding steroid dienone is 19. The second-order valence-corrected chi connectivity index (χ2v) is 23.4. The third-order valence-electron chi connectivity index (χ3n) is 20.3. The lowest BCUT2D eigenvalue weighted by Gasteiger charge is -2.49. The van der Waals surface area contributed by atoms with Gasteiger partial charge in [0, 0.05) is 46.0 Å². The van der Waals surface area contributed by atoms with E-state index in [2.05, 4.69) is 114 Å². The van der Waals surface area contributed by atoms with E-state index in [0.717, 1.165) is 51.4 Å². The van der Waals surface area contributed by atoms with Gasteiger partial charge in [0.1, 0.15) is 11.9 Å². The number of aliphatic hydroxyl groups is 1. The lowest BCUT2D eigenvalue weighted by Crippen LogP contribution is -2.44. The monoisotopic (exact) mass is 883 g/mol. The molecule has 1 saturated heterocycles. The highest BCUT2D eigenvalue weighted by molar-refractivity contribution is 5.57. The molecule has 13 aliphatic rings. The van der Waals surface area contributed by atoms with E-state index in [1.807, 2.05) is 5.57 Å². The number of aliphatic hydroxyl groups excluding tert-OH is 1. The summed E-state index contributed by atoms with van der Waals surface area (Å²) in [5, 5.41) is 11.4. The summed E-state index contributed by atoms with van der Waals surface area (Å²) in [5.41, 5.74) is 11.3. The van der Waals surface area contributed by atoms with Crippen molar-refractivity contribution in [3.8, 4) is 0 Å². The highest BCUT2D eigenvalue weighted by Gasteiger charge is 2.68. The Hall–Kier alpha value is -3.76. The van der Waals surface area contributed by atoms with Gasteiger partial charge in [0.25, 0.3) is 0 Å². The van der Waals surface area contributed by atoms with E-state index >= 15 is 0 Å². The van der Waals surface area contributed by atoms with Gasteiger partial charge in [-0.25, -0.2) is 0 Å². The third kappa shape index (κ3) is 6.65. The van der Waals surface area contributed by atoms with Crippen LogP contribution in [0.2, 0.25) is 0 Å². The van der Waals surface area contributed by atoms with Crippen molar-refractivity contribution in [2.45, 2.75) is 172 Å². The van der Waals surface area contributed by atoms with Gasteiger partial charge < -0.3 is 19.6 Å². The van der Waals surface area contributed by atoms with Crippen molar-refractivity contribution >= 4 is 0 Å². The molecule has 66 heavy (non-hydrogen) atoms. The van der Waals surface area contributed by atoms with Gasteiger partial charge in [-0.15, -0.1) is 0 Å². The zero-order valence-electron chi connectivity index (χ0n) is 40.1. The molecule has 13 rings (SSSR count). The number of hydrogen-bond acceptors (Lipinski definition) is 4. The van der Waals surface area contributed by atoms with Crippen LogP contribution < -0.4 is 0 Å². The molecule has 0 aromatic rings. The van der Waals surface area contributed by atoms with Gasteiger partial charge in [-0.3, -0.25) is 0 Å². The van der Waals surface area contributed by atoms with Gasteiger partial charge in [-0.2, -0.15) is 0 Å². The van der Waals surface area contributed by atoms with E-state index < -0.39 is 0 Å². The first kappa shape index (κ1) is 42.4. The van der Waals surface area contributed by atoms with Crippen molar-refractivity contribution < 1.29 is 9.84 Å². The molecule has 14 unspecified atom stereocenters. The summed E-state index contributed by atoms with van der Waals surface area (Å²) in [4.78, 5) is 5.87. The Morgan fingerprint density at radius 3 is 2.44 bits per heavy atom. The molecule has 0 aromatic heterocycles. The number of ether oxygens (including phenoxy) is 1. The van der Waals surface area contributed by atoms with E-state index in [1.165, 1.54) is 113 Å². The number of nitrogens with zero attached hydrogens (tertiary/aromatic N) is 2. The van der Waals surface area contributed by atoms with Crippen molar-refractivity contribution in [2.75, 3.05) is 0 Å². The first-order valence-corrected chi connectivity index (χ1v) is 27.8. The quantitative estimate of drug-likeness (QED) is 0.259. The summed E-state index contributed by atoms with van der Waals surface area (Å²) < 4.78 is 7.16. The predicted molar refractivity (Wildman–Crippen MR) is 268 cm³/mol. The summed E-state index contributed by atoms with van der Waals surface area (Å²) in [5.74, 6) is 6.59. The van der Waals surface area contributed by atoms with Crippen LogP contribution in [-0.4, -0.2) is 39.2 Å². The van der Waals surface area contributed by atoms with Gasteiger partial charge in [-0.1, -0.05) is 123 Å². The zero-order chi connectivity index (χ0) is 43.9. The van der Waals surface area contributed by atoms with Gasteiger partial charge >= 0.3 is 0 Å². The smallest absolute Gasteiger partial charge is 0.142 e. The minimum Gasteiger partial charge on any atom is -0.487 e. The second-order valence-electron chi connectivity index (χ2n) is 23.4. The summed E-state index contributed by atoms with van der Waals surface area (Å²) in [6.07, 6.45) is 67.9. The molecule has 0 radical (unpaired) electrons. The Balaban J connectivity index is 0.957. The van der Waals surface area contributed by atoms with Crippen LogP contribution in [0, 0.1) is 64.6 Å². The highest BCUT2D eigenvalue weighted by Crippen LogP contribution is 2.74. The Morgan fingerprint density at radius 2 is 1.55 bits per heavy atom. The Kier molecular flexibility index (Phi) is 11.1. The first-order valence-electron chi connectivity index (χ1n) is 27.8. The normalized spacial score (nSPS) is 42.9. The van der Waals surface area contributed by atoms with Crippen LogP contribution in [0.4, 0.5) is 0 Å². The van der Waals surface area contributed by atoms with Crippen molar-refractivity contribution in [2.24, 2.45) is 64.6 Å². The fourth-order valence-corrected chi connectivity index (χ4v) is 17.9. The van der Waals surface area contributed by atoms with Crippen LogP contribution in [0.3, 0.4) is 0 Å². The van der Waals surface area contributed by atoms with Crippen LogP contribution in [-0.2, 0) is 4.74 Å². The molecule has 0 amide bonds. The molecule has 1 N–H and O–H groups in total. The van der Waals surface area contributed by atoms with Crippen LogP contribution >= 0.6 is 0 Å². The molecule has 4 fully saturated rings. The van der Waals surface area contributed by atoms with E-state index in [9.17, 15) is 5.11 Å². The summed E-state index contributed by atoms with van der Waals surface area (Å²) >= 11 is 0. The van der Waals surface area contributed by atoms with Crippen molar-refractivity contribution in [1.82, 2.24) is 9.80 Å². The molecule has 348 valence electrons. The summed E-state index contributed by atoms with van der Waals surface area (Å²) in [7, 11) is 0. The molecule has 4 heteroatoms. The minimum absolute atomic E-state index is 0.100. The van der Waals surface area contributed by atoms with Crippen LogP contribution in [0.15, 0.2) is 142 Å². The first-order chi connectivity index (χ1) is 32.6. The predicted octanol–water partition coefficient (Wildman–Crippen LogP) is 14.4. The van der Waals surface area contributed by atoms with E-state index in [0.29, 0.717) is 77.4 Å². The van der Waals surface area contributed by atoms with Crippen molar-refractivity contribution in [3.63, 3.8) is 0 Å². The molecular formula is C62H78N2O2. The van der Waals surface area contributed by atoms with Gasteiger partial charge in [-0.05, 0) is 181 Å². The standard InChI is InChI=1S/C62H78N2O2/c1-40-37-50-46-26-8-12-30-51(46)62(54(50)39-57(40)64(43-22-6-3-7-23-43)56-34-17-29-48-47-27-11-15-36-59(47)66-61(48)56)52-31-13-9-28-49(52)60-53(62)32-18-33-55(60)63(42-20-4-2-5-21-42)44-24-16-19-41(38-44)45-25-10-14-35-58(45)65/h4,6,8-9,11,13,20-22,26-29,31,33,39-41,43-47,49-52,54,58-59,65H,2-3,5,7,10,12,14-19,23-25,30,32,34-38H2,1H3/t40?,41-,43?,44?,45?,46?,47?,49?,50?,51?,52?,54?,58?,59?,62?/m1/s1. The molecule has 12 aliphatic carbocycles. The Bertz CT molecular complexity index is 2320. The molecule has 4 nitrogen and oxygen atoms in total. The lowest BCUT2D eigenvalue weighted by atomic mass is 9.56. The summed E-state index contributed by atoms with van der Waals surface area (Å²) in [6, 6.07) is 0.865. The fourth-order valence-electron chi connectivity index (χ4n) is 17.9. The number of rotatable bonds is 7. The highest BCUT2D eigenvalue weighted by atomic mass is 16.5. The maximum atomic E-state index is 11.4. The molecule has 3 saturated carbocycles. The van der Waals surface area contributed by atoms with Gasteiger partial charge in [0.2, 0.25) is 0 Å². The van der Waals surface area contributed by atoms with Crippen LogP contribution in [0.25, 0.3) is 0 Å². The molecule has 1 aliphatic heterocycles. The topological polar surface area (TPSA) is 35.9 Å². The van der Waals surface area contributed by atoms with E-state index in [-0.39, 0.29) is 11.5 Å². The lowest BCUT2D eigenvalue weighted by molar-refractivity contribution is 0.0156.